The highest BCUT2D eigenvalue weighted by Gasteiger charge is 2.24. The Morgan fingerprint density at radius 1 is 1.45 bits per heavy atom. The zero-order valence-corrected chi connectivity index (χ0v) is 15.7. The fraction of sp³-hybridized carbons (Fsp3) is 0.500. The fourth-order valence-electron chi connectivity index (χ4n) is 2.94. The van der Waals surface area contributed by atoms with Crippen LogP contribution in [0.3, 0.4) is 0 Å². The van der Waals surface area contributed by atoms with Gasteiger partial charge in [0.15, 0.2) is 12.3 Å². The first-order valence-corrected chi connectivity index (χ1v) is 9.07. The Hall–Kier alpha value is -3.29. The largest absolute Gasteiger partial charge is 0.470 e. The van der Waals surface area contributed by atoms with Crippen molar-refractivity contribution in [2.45, 2.75) is 25.7 Å². The van der Waals surface area contributed by atoms with Crippen LogP contribution < -0.4 is 10.1 Å². The Morgan fingerprint density at radius 2 is 2.17 bits per heavy atom. The molecule has 0 spiro atoms. The van der Waals surface area contributed by atoms with Gasteiger partial charge in [0.1, 0.15) is 5.52 Å². The molecule has 3 rings (SSSR count). The molecule has 2 aromatic rings. The van der Waals surface area contributed by atoms with Crippen LogP contribution in [0.4, 0.5) is 8.78 Å². The average molecular weight is 406 g/mol. The van der Waals surface area contributed by atoms with Crippen molar-refractivity contribution >= 4 is 23.0 Å². The lowest BCUT2D eigenvalue weighted by atomic mass is 9.99. The number of ether oxygens (including phenoxy) is 1. The summed E-state index contributed by atoms with van der Waals surface area (Å²) < 4.78 is 30.8. The molecule has 154 valence electrons. The number of carbonyl (C=O) groups is 2. The standard InChI is InChI=1S/C18H20F2N6O3/c1-18(19,20)10-29-13-8-23-16-15(25-13)12(7-22-16)17(28)24-9-14(27)26-4-2-11(6-21)3-5-26/h7-8,11H,2-5,9-10H2,1H3,(H,22,23)(H,24,28). The monoisotopic (exact) mass is 406 g/mol. The third-order valence-electron chi connectivity index (χ3n) is 4.51. The lowest BCUT2D eigenvalue weighted by molar-refractivity contribution is -0.131. The Kier molecular flexibility index (Phi) is 5.91. The second kappa shape index (κ2) is 8.38. The molecule has 0 aromatic carbocycles. The Morgan fingerprint density at radius 3 is 2.83 bits per heavy atom. The number of aromatic nitrogens is 3. The summed E-state index contributed by atoms with van der Waals surface area (Å²) >= 11 is 0. The summed E-state index contributed by atoms with van der Waals surface area (Å²) in [5, 5.41) is 11.4. The summed E-state index contributed by atoms with van der Waals surface area (Å²) in [5.74, 6) is -4.00. The van der Waals surface area contributed by atoms with Crippen LogP contribution in [0, 0.1) is 17.2 Å². The first-order chi connectivity index (χ1) is 13.8. The van der Waals surface area contributed by atoms with Crippen LogP contribution in [-0.2, 0) is 4.79 Å². The summed E-state index contributed by atoms with van der Waals surface area (Å²) in [6.45, 7) is 0.612. The van der Waals surface area contributed by atoms with E-state index in [9.17, 15) is 18.4 Å². The number of aromatic amines is 1. The summed E-state index contributed by atoms with van der Waals surface area (Å²) in [6.07, 6.45) is 3.79. The number of halogens is 2. The molecular weight excluding hydrogens is 386 g/mol. The Balaban J connectivity index is 1.61. The number of piperidine rings is 1. The van der Waals surface area contributed by atoms with Gasteiger partial charge in [0.2, 0.25) is 11.8 Å². The van der Waals surface area contributed by atoms with Gasteiger partial charge in [0, 0.05) is 32.1 Å². The van der Waals surface area contributed by atoms with Gasteiger partial charge in [0.05, 0.1) is 24.4 Å². The lowest BCUT2D eigenvalue weighted by Gasteiger charge is -2.29. The molecule has 11 heteroatoms. The third-order valence-corrected chi connectivity index (χ3v) is 4.51. The number of nitrogens with zero attached hydrogens (tertiary/aromatic N) is 4. The zero-order valence-electron chi connectivity index (χ0n) is 15.7. The van der Waals surface area contributed by atoms with E-state index in [0.29, 0.717) is 32.9 Å². The van der Waals surface area contributed by atoms with Crippen LogP contribution in [0.1, 0.15) is 30.1 Å². The number of nitriles is 1. The van der Waals surface area contributed by atoms with Gasteiger partial charge in [-0.15, -0.1) is 0 Å². The first kappa shape index (κ1) is 20.4. The molecule has 2 N–H and O–H groups in total. The van der Waals surface area contributed by atoms with E-state index in [1.165, 1.54) is 12.4 Å². The molecule has 1 aliphatic heterocycles. The van der Waals surface area contributed by atoms with Gasteiger partial charge in [-0.05, 0) is 12.8 Å². The van der Waals surface area contributed by atoms with Crippen molar-refractivity contribution in [3.8, 4) is 11.9 Å². The Labute approximate surface area is 165 Å². The van der Waals surface area contributed by atoms with Gasteiger partial charge in [-0.25, -0.2) is 18.7 Å². The van der Waals surface area contributed by atoms with Gasteiger partial charge >= 0.3 is 0 Å². The molecule has 1 saturated heterocycles. The van der Waals surface area contributed by atoms with Crippen molar-refractivity contribution < 1.29 is 23.1 Å². The third kappa shape index (κ3) is 5.16. The van der Waals surface area contributed by atoms with Crippen molar-refractivity contribution in [2.75, 3.05) is 26.2 Å². The van der Waals surface area contributed by atoms with E-state index in [1.807, 2.05) is 0 Å². The van der Waals surface area contributed by atoms with Crippen LogP contribution in [0.5, 0.6) is 5.88 Å². The molecule has 2 amide bonds. The maximum atomic E-state index is 12.9. The average Bonchev–Trinajstić information content (AvgIpc) is 3.13. The molecular formula is C18H20F2N6O3. The number of nitrogens with one attached hydrogen (secondary N) is 2. The van der Waals surface area contributed by atoms with E-state index in [2.05, 4.69) is 26.3 Å². The topological polar surface area (TPSA) is 124 Å². The van der Waals surface area contributed by atoms with E-state index in [4.69, 9.17) is 10.00 Å². The molecule has 0 bridgehead atoms. The van der Waals surface area contributed by atoms with Crippen LogP contribution >= 0.6 is 0 Å². The van der Waals surface area contributed by atoms with Crippen LogP contribution in [0.25, 0.3) is 11.2 Å². The molecule has 0 aliphatic carbocycles. The van der Waals surface area contributed by atoms with E-state index in [0.717, 1.165) is 0 Å². The highest BCUT2D eigenvalue weighted by atomic mass is 19.3. The number of H-pyrrole nitrogens is 1. The van der Waals surface area contributed by atoms with Gasteiger partial charge in [-0.3, -0.25) is 9.59 Å². The number of amides is 2. The first-order valence-electron chi connectivity index (χ1n) is 9.07. The molecule has 29 heavy (non-hydrogen) atoms. The van der Waals surface area contributed by atoms with Crippen molar-refractivity contribution in [2.24, 2.45) is 5.92 Å². The molecule has 2 aromatic heterocycles. The lowest BCUT2D eigenvalue weighted by Crippen LogP contribution is -2.44. The predicted octanol–water partition coefficient (Wildman–Crippen LogP) is 1.48. The molecule has 9 nitrogen and oxygen atoms in total. The number of rotatable bonds is 6. The van der Waals surface area contributed by atoms with Crippen molar-refractivity contribution in [3.05, 3.63) is 18.0 Å². The highest BCUT2D eigenvalue weighted by Crippen LogP contribution is 2.20. The molecule has 0 saturated carbocycles. The number of likely N-dealkylation sites (tertiary alicyclic amines) is 1. The van der Waals surface area contributed by atoms with Crippen LogP contribution in [-0.4, -0.2) is 63.8 Å². The van der Waals surface area contributed by atoms with Gasteiger partial charge in [-0.1, -0.05) is 0 Å². The molecule has 0 radical (unpaired) electrons. The van der Waals surface area contributed by atoms with Crippen molar-refractivity contribution in [3.63, 3.8) is 0 Å². The maximum Gasteiger partial charge on any atom is 0.278 e. The van der Waals surface area contributed by atoms with Gasteiger partial charge in [-0.2, -0.15) is 5.26 Å². The minimum atomic E-state index is -3.03. The number of hydrogen-bond donors (Lipinski definition) is 2. The molecule has 0 atom stereocenters. The number of fused-ring (bicyclic) bond motifs is 1. The molecule has 3 heterocycles. The quantitative estimate of drug-likeness (QED) is 0.749. The molecule has 1 aliphatic rings. The molecule has 1 fully saturated rings. The minimum absolute atomic E-state index is 0.0393. The minimum Gasteiger partial charge on any atom is -0.470 e. The number of hydrogen-bond acceptors (Lipinski definition) is 6. The Bertz CT molecular complexity index is 941. The predicted molar refractivity (Wildman–Crippen MR) is 97.3 cm³/mol. The van der Waals surface area contributed by atoms with E-state index >= 15 is 0 Å². The fourth-order valence-corrected chi connectivity index (χ4v) is 2.94. The van der Waals surface area contributed by atoms with E-state index in [1.54, 1.807) is 4.90 Å². The van der Waals surface area contributed by atoms with E-state index < -0.39 is 18.4 Å². The highest BCUT2D eigenvalue weighted by molar-refractivity contribution is 6.05. The zero-order chi connectivity index (χ0) is 21.0. The number of alkyl halides is 2. The van der Waals surface area contributed by atoms with Crippen molar-refractivity contribution in [1.82, 2.24) is 25.2 Å². The summed E-state index contributed by atoms with van der Waals surface area (Å²) in [7, 11) is 0. The van der Waals surface area contributed by atoms with E-state index in [-0.39, 0.29) is 41.0 Å². The second-order valence-electron chi connectivity index (χ2n) is 6.93. The van der Waals surface area contributed by atoms with Crippen LogP contribution in [0.15, 0.2) is 12.4 Å². The van der Waals surface area contributed by atoms with Gasteiger partial charge < -0.3 is 19.9 Å². The normalized spacial score (nSPS) is 15.2. The summed E-state index contributed by atoms with van der Waals surface area (Å²) in [5.41, 5.74) is 0.564. The summed E-state index contributed by atoms with van der Waals surface area (Å²) in [6, 6.07) is 2.19. The molecule has 0 unspecified atom stereocenters. The van der Waals surface area contributed by atoms with Crippen molar-refractivity contribution in [1.29, 1.82) is 5.26 Å². The number of carbonyl (C=O) groups excluding carboxylic acids is 2. The SMILES string of the molecule is CC(F)(F)COc1cnc2[nH]cc(C(=O)NCC(=O)N3CCC(C#N)CC3)c2n1. The smallest absolute Gasteiger partial charge is 0.278 e. The maximum absolute atomic E-state index is 12.9. The van der Waals surface area contributed by atoms with Crippen LogP contribution in [0.2, 0.25) is 0 Å². The second-order valence-corrected chi connectivity index (χ2v) is 6.93. The summed E-state index contributed by atoms with van der Waals surface area (Å²) in [4.78, 5) is 37.2. The van der Waals surface area contributed by atoms with Gasteiger partial charge in [0.25, 0.3) is 11.8 Å².